The third kappa shape index (κ3) is 5.53. The Labute approximate surface area is 288 Å². The minimum atomic E-state index is 0.614. The molecular formula is C45H27N3S. The Morgan fingerprint density at radius 3 is 1.41 bits per heavy atom. The number of benzene rings is 6. The van der Waals surface area contributed by atoms with Gasteiger partial charge in [-0.15, -0.1) is 11.3 Å². The van der Waals surface area contributed by atoms with E-state index in [-0.39, 0.29) is 0 Å². The summed E-state index contributed by atoms with van der Waals surface area (Å²) < 4.78 is 2.21. The highest BCUT2D eigenvalue weighted by molar-refractivity contribution is 7.25. The van der Waals surface area contributed by atoms with Crippen molar-refractivity contribution in [3.05, 3.63) is 176 Å². The van der Waals surface area contributed by atoms with Crippen LogP contribution in [0.1, 0.15) is 0 Å². The molecule has 0 atom stereocenters. The maximum atomic E-state index is 5.11. The van der Waals surface area contributed by atoms with E-state index in [1.165, 1.54) is 27.0 Å². The SMILES string of the molecule is c1cc(-c2nc(-c3ccccc3)nc(-c3ccc(-c4ccccc4)cc3)n2)c2c(c#1)sc1ccc(-c3ccc(-c4ccccc4)cc3)cc12. The summed E-state index contributed by atoms with van der Waals surface area (Å²) in [4.78, 5) is 15.2. The van der Waals surface area contributed by atoms with E-state index in [0.29, 0.717) is 17.5 Å². The van der Waals surface area contributed by atoms with Gasteiger partial charge in [0, 0.05) is 38.2 Å². The fraction of sp³-hybridized carbons (Fsp3) is 0. The Morgan fingerprint density at radius 2 is 0.837 bits per heavy atom. The van der Waals surface area contributed by atoms with Crippen LogP contribution in [0.3, 0.4) is 0 Å². The zero-order valence-electron chi connectivity index (χ0n) is 26.3. The van der Waals surface area contributed by atoms with Gasteiger partial charge in [0.05, 0.1) is 4.70 Å². The highest BCUT2D eigenvalue weighted by Gasteiger charge is 2.17. The molecule has 0 spiro atoms. The number of fused-ring (bicyclic) bond motifs is 3. The van der Waals surface area contributed by atoms with Crippen molar-refractivity contribution < 1.29 is 0 Å². The predicted molar refractivity (Wildman–Crippen MR) is 203 cm³/mol. The van der Waals surface area contributed by atoms with Crippen molar-refractivity contribution in [1.29, 1.82) is 0 Å². The van der Waals surface area contributed by atoms with Crippen molar-refractivity contribution in [2.24, 2.45) is 0 Å². The lowest BCUT2D eigenvalue weighted by Crippen LogP contribution is -2.00. The molecule has 0 aliphatic rings. The van der Waals surface area contributed by atoms with E-state index in [2.05, 4.69) is 127 Å². The summed E-state index contributed by atoms with van der Waals surface area (Å²) in [6, 6.07) is 63.5. The summed E-state index contributed by atoms with van der Waals surface area (Å²) in [5.41, 5.74) is 9.84. The maximum absolute atomic E-state index is 5.11. The second-order valence-corrected chi connectivity index (χ2v) is 13.0. The molecule has 0 N–H and O–H groups in total. The van der Waals surface area contributed by atoms with Crippen LogP contribution in [0.5, 0.6) is 0 Å². The van der Waals surface area contributed by atoms with Gasteiger partial charge in [-0.1, -0.05) is 158 Å². The third-order valence-electron chi connectivity index (χ3n) is 8.84. The Morgan fingerprint density at radius 1 is 0.408 bits per heavy atom. The molecule has 2 heterocycles. The summed E-state index contributed by atoms with van der Waals surface area (Å²) in [6.45, 7) is 0. The molecule has 0 unspecified atom stereocenters. The molecule has 0 aliphatic heterocycles. The molecule has 49 heavy (non-hydrogen) atoms. The van der Waals surface area contributed by atoms with Gasteiger partial charge in [0.25, 0.3) is 0 Å². The fourth-order valence-corrected chi connectivity index (χ4v) is 7.38. The standard InChI is InChI=1S/C45H27N3S/c1-4-11-30(12-5-1)32-19-21-34(22-20-32)37-27-28-40-39(29-37)42-38(17-10-18-41(42)49-40)45-47-43(35-15-8-3-9-16-35)46-44(48-45)36-25-23-33(24-26-36)31-13-6-2-7-14-31/h1-9,11-17,19-29H. The van der Waals surface area contributed by atoms with Crippen LogP contribution in [0.2, 0.25) is 0 Å². The first-order chi connectivity index (χ1) is 24.3. The molecule has 9 rings (SSSR count). The molecule has 0 fully saturated rings. The molecule has 2 aromatic heterocycles. The third-order valence-corrected chi connectivity index (χ3v) is 9.93. The topological polar surface area (TPSA) is 38.7 Å². The second-order valence-electron chi connectivity index (χ2n) is 11.9. The molecule has 0 saturated carbocycles. The van der Waals surface area contributed by atoms with Crippen molar-refractivity contribution in [2.45, 2.75) is 0 Å². The van der Waals surface area contributed by atoms with Crippen LogP contribution in [-0.4, -0.2) is 15.0 Å². The summed E-state index contributed by atoms with van der Waals surface area (Å²) in [5, 5.41) is 2.23. The van der Waals surface area contributed by atoms with Crippen LogP contribution in [0.4, 0.5) is 0 Å². The maximum Gasteiger partial charge on any atom is 0.165 e. The quantitative estimate of drug-likeness (QED) is 0.181. The monoisotopic (exact) mass is 641 g/mol. The van der Waals surface area contributed by atoms with Crippen LogP contribution < -0.4 is 0 Å². The number of thiophene rings is 1. The number of rotatable bonds is 6. The van der Waals surface area contributed by atoms with Crippen LogP contribution in [0, 0.1) is 12.1 Å². The lowest BCUT2D eigenvalue weighted by Gasteiger charge is -2.10. The van der Waals surface area contributed by atoms with E-state index in [4.69, 9.17) is 15.0 Å². The summed E-state index contributed by atoms with van der Waals surface area (Å²) in [6.07, 6.45) is 0. The fourth-order valence-electron chi connectivity index (χ4n) is 6.32. The molecule has 0 radical (unpaired) electrons. The average Bonchev–Trinajstić information content (AvgIpc) is 3.57. The van der Waals surface area contributed by atoms with E-state index < -0.39 is 0 Å². The van der Waals surface area contributed by atoms with Gasteiger partial charge < -0.3 is 0 Å². The van der Waals surface area contributed by atoms with Crippen LogP contribution in [0.15, 0.2) is 164 Å². The second kappa shape index (κ2) is 12.3. The minimum Gasteiger partial charge on any atom is -0.208 e. The smallest absolute Gasteiger partial charge is 0.165 e. The molecule has 228 valence electrons. The highest BCUT2D eigenvalue weighted by Crippen LogP contribution is 2.40. The van der Waals surface area contributed by atoms with E-state index in [1.807, 2.05) is 48.5 Å². The van der Waals surface area contributed by atoms with E-state index in [1.54, 1.807) is 11.3 Å². The van der Waals surface area contributed by atoms with E-state index >= 15 is 0 Å². The van der Waals surface area contributed by atoms with Crippen LogP contribution in [-0.2, 0) is 0 Å². The van der Waals surface area contributed by atoms with Gasteiger partial charge in [0.1, 0.15) is 0 Å². The first kappa shape index (κ1) is 28.8. The number of hydrogen-bond donors (Lipinski definition) is 0. The largest absolute Gasteiger partial charge is 0.208 e. The zero-order valence-corrected chi connectivity index (χ0v) is 27.2. The molecule has 0 saturated heterocycles. The van der Waals surface area contributed by atoms with E-state index in [9.17, 15) is 0 Å². The van der Waals surface area contributed by atoms with Crippen LogP contribution in [0.25, 0.3) is 87.7 Å². The van der Waals surface area contributed by atoms with Gasteiger partial charge in [-0.05, 0) is 45.5 Å². The Bertz CT molecular complexity index is 2560. The van der Waals surface area contributed by atoms with Crippen molar-refractivity contribution >= 4 is 31.5 Å². The molecule has 0 amide bonds. The van der Waals surface area contributed by atoms with Gasteiger partial charge in [-0.2, -0.15) is 0 Å². The molecular weight excluding hydrogens is 615 g/mol. The number of nitrogens with zero attached hydrogens (tertiary/aromatic N) is 3. The normalized spacial score (nSPS) is 11.1. The molecule has 0 aliphatic carbocycles. The van der Waals surface area contributed by atoms with Gasteiger partial charge >= 0.3 is 0 Å². The zero-order chi connectivity index (χ0) is 32.6. The van der Waals surface area contributed by atoms with Gasteiger partial charge in [0.2, 0.25) is 0 Å². The number of aromatic nitrogens is 3. The predicted octanol–water partition coefficient (Wildman–Crippen LogP) is 11.8. The molecule has 3 nitrogen and oxygen atoms in total. The van der Waals surface area contributed by atoms with Crippen LogP contribution >= 0.6 is 11.3 Å². The van der Waals surface area contributed by atoms with Gasteiger partial charge in [-0.25, -0.2) is 15.0 Å². The first-order valence-corrected chi connectivity index (χ1v) is 17.0. The Hall–Kier alpha value is -6.41. The van der Waals surface area contributed by atoms with Crippen molar-refractivity contribution in [2.75, 3.05) is 0 Å². The molecule has 4 heteroatoms. The average molecular weight is 642 g/mol. The molecule has 0 bridgehead atoms. The Kier molecular flexibility index (Phi) is 7.23. The van der Waals surface area contributed by atoms with Crippen molar-refractivity contribution in [3.63, 3.8) is 0 Å². The molecule has 9 aromatic rings. The lowest BCUT2D eigenvalue weighted by molar-refractivity contribution is 1.08. The van der Waals surface area contributed by atoms with Crippen molar-refractivity contribution in [1.82, 2.24) is 15.0 Å². The molecule has 7 aromatic carbocycles. The summed E-state index contributed by atoms with van der Waals surface area (Å²) >= 11 is 1.72. The summed E-state index contributed by atoms with van der Waals surface area (Å²) in [7, 11) is 0. The van der Waals surface area contributed by atoms with Crippen molar-refractivity contribution in [3.8, 4) is 67.5 Å². The Balaban J connectivity index is 1.17. The van der Waals surface area contributed by atoms with Gasteiger partial charge in [0.15, 0.2) is 17.5 Å². The number of hydrogen-bond acceptors (Lipinski definition) is 4. The van der Waals surface area contributed by atoms with Gasteiger partial charge in [-0.3, -0.25) is 0 Å². The first-order valence-electron chi connectivity index (χ1n) is 16.2. The lowest BCUT2D eigenvalue weighted by atomic mass is 9.98. The minimum absolute atomic E-state index is 0.614. The van der Waals surface area contributed by atoms with E-state index in [0.717, 1.165) is 43.3 Å². The summed E-state index contributed by atoms with van der Waals surface area (Å²) in [5.74, 6) is 1.87. The highest BCUT2D eigenvalue weighted by atomic mass is 32.1.